The summed E-state index contributed by atoms with van der Waals surface area (Å²) in [5, 5.41) is 3.85. The maximum Gasteiger partial charge on any atom is 0.260 e. The minimum Gasteiger partial charge on any atom is -0.497 e. The summed E-state index contributed by atoms with van der Waals surface area (Å²) >= 11 is 0. The average Bonchev–Trinajstić information content (AvgIpc) is 3.09. The number of aromatic amines is 1. The number of H-pyrrole nitrogens is 1. The van der Waals surface area contributed by atoms with Gasteiger partial charge in [0.2, 0.25) is 5.82 Å². The first-order chi connectivity index (χ1) is 9.28. The molecule has 2 heterocycles. The van der Waals surface area contributed by atoms with Gasteiger partial charge in [-0.05, 0) is 12.1 Å². The minimum atomic E-state index is 0.339. The molecule has 19 heavy (non-hydrogen) atoms. The quantitative estimate of drug-likeness (QED) is 0.692. The Hall–Kier alpha value is -2.83. The first-order valence-electron chi connectivity index (χ1n) is 5.55. The number of nitrogen functional groups attached to an aromatic ring is 1. The molecule has 96 valence electrons. The number of methoxy groups -OCH3 is 1. The number of aromatic nitrogens is 4. The van der Waals surface area contributed by atoms with Gasteiger partial charge in [0.25, 0.3) is 5.89 Å². The van der Waals surface area contributed by atoms with E-state index in [1.54, 1.807) is 37.7 Å². The predicted molar refractivity (Wildman–Crippen MR) is 68.3 cm³/mol. The Morgan fingerprint density at radius 3 is 2.95 bits per heavy atom. The molecule has 0 aliphatic carbocycles. The van der Waals surface area contributed by atoms with E-state index in [0.717, 1.165) is 0 Å². The smallest absolute Gasteiger partial charge is 0.260 e. The fourth-order valence-electron chi connectivity index (χ4n) is 1.68. The van der Waals surface area contributed by atoms with Crippen LogP contribution in [0.5, 0.6) is 5.75 Å². The van der Waals surface area contributed by atoms with Crippen LogP contribution in [-0.2, 0) is 0 Å². The molecule has 2 aromatic heterocycles. The Labute approximate surface area is 108 Å². The lowest BCUT2D eigenvalue weighted by molar-refractivity contribution is 0.414. The molecular formula is C12H11N5O2. The van der Waals surface area contributed by atoms with Gasteiger partial charge in [-0.15, -0.1) is 0 Å². The molecule has 0 aliphatic heterocycles. The van der Waals surface area contributed by atoms with Gasteiger partial charge >= 0.3 is 0 Å². The average molecular weight is 257 g/mol. The first-order valence-corrected chi connectivity index (χ1v) is 5.55. The molecule has 0 spiro atoms. The number of hydrogen-bond acceptors (Lipinski definition) is 6. The maximum absolute atomic E-state index is 5.93. The molecule has 0 saturated carbocycles. The van der Waals surface area contributed by atoms with Crippen molar-refractivity contribution in [2.24, 2.45) is 0 Å². The predicted octanol–water partition coefficient (Wildman–Crippen LogP) is 1.72. The summed E-state index contributed by atoms with van der Waals surface area (Å²) < 4.78 is 10.3. The molecule has 0 amide bonds. The van der Waals surface area contributed by atoms with Gasteiger partial charge in [-0.3, -0.25) is 0 Å². The molecule has 7 heteroatoms. The SMILES string of the molecule is COc1ccc(-c2nc(-c3ncc[nH]3)no2)c(N)c1. The number of benzene rings is 1. The summed E-state index contributed by atoms with van der Waals surface area (Å²) in [5.74, 6) is 1.94. The molecule has 0 atom stereocenters. The molecule has 0 aliphatic rings. The lowest BCUT2D eigenvalue weighted by Crippen LogP contribution is -1.92. The normalized spacial score (nSPS) is 10.6. The van der Waals surface area contributed by atoms with Crippen LogP contribution >= 0.6 is 0 Å². The van der Waals surface area contributed by atoms with E-state index >= 15 is 0 Å². The van der Waals surface area contributed by atoms with Crippen molar-refractivity contribution in [3.63, 3.8) is 0 Å². The highest BCUT2D eigenvalue weighted by atomic mass is 16.5. The van der Waals surface area contributed by atoms with Crippen molar-refractivity contribution < 1.29 is 9.26 Å². The van der Waals surface area contributed by atoms with Crippen LogP contribution in [0.1, 0.15) is 0 Å². The third-order valence-corrected chi connectivity index (χ3v) is 2.63. The highest BCUT2D eigenvalue weighted by molar-refractivity contribution is 5.72. The van der Waals surface area contributed by atoms with Crippen molar-refractivity contribution in [2.75, 3.05) is 12.8 Å². The number of hydrogen-bond donors (Lipinski definition) is 2. The van der Waals surface area contributed by atoms with Crippen molar-refractivity contribution in [1.82, 2.24) is 20.1 Å². The molecule has 0 saturated heterocycles. The number of anilines is 1. The summed E-state index contributed by atoms with van der Waals surface area (Å²) in [6.45, 7) is 0. The fourth-order valence-corrected chi connectivity index (χ4v) is 1.68. The molecule has 0 radical (unpaired) electrons. The Morgan fingerprint density at radius 1 is 1.37 bits per heavy atom. The van der Waals surface area contributed by atoms with Crippen LogP contribution in [0.2, 0.25) is 0 Å². The number of nitrogens with one attached hydrogen (secondary N) is 1. The summed E-state index contributed by atoms with van der Waals surface area (Å²) in [6, 6.07) is 5.25. The number of nitrogens with two attached hydrogens (primary N) is 1. The van der Waals surface area contributed by atoms with Crippen molar-refractivity contribution in [2.45, 2.75) is 0 Å². The van der Waals surface area contributed by atoms with Crippen LogP contribution in [0.15, 0.2) is 35.1 Å². The Morgan fingerprint density at radius 2 is 2.26 bits per heavy atom. The Kier molecular flexibility index (Phi) is 2.64. The van der Waals surface area contributed by atoms with Gasteiger partial charge in [-0.25, -0.2) is 4.98 Å². The lowest BCUT2D eigenvalue weighted by atomic mass is 10.1. The van der Waals surface area contributed by atoms with E-state index in [2.05, 4.69) is 20.1 Å². The second-order valence-corrected chi connectivity index (χ2v) is 3.81. The van der Waals surface area contributed by atoms with E-state index in [1.807, 2.05) is 0 Å². The molecule has 1 aromatic carbocycles. The third-order valence-electron chi connectivity index (χ3n) is 2.63. The van der Waals surface area contributed by atoms with Crippen LogP contribution in [0.25, 0.3) is 23.1 Å². The fraction of sp³-hybridized carbons (Fsp3) is 0.0833. The van der Waals surface area contributed by atoms with Crippen molar-refractivity contribution in [3.05, 3.63) is 30.6 Å². The minimum absolute atomic E-state index is 0.339. The van der Waals surface area contributed by atoms with Gasteiger partial charge < -0.3 is 20.0 Å². The van der Waals surface area contributed by atoms with Gasteiger partial charge in [0, 0.05) is 24.1 Å². The standard InChI is InChI=1S/C12H11N5O2/c1-18-7-2-3-8(9(13)6-7)12-16-11(17-19-12)10-14-4-5-15-10/h2-6H,13H2,1H3,(H,14,15). The van der Waals surface area contributed by atoms with E-state index in [4.69, 9.17) is 15.0 Å². The molecule has 7 nitrogen and oxygen atoms in total. The number of imidazole rings is 1. The van der Waals surface area contributed by atoms with Gasteiger partial charge in [-0.1, -0.05) is 5.16 Å². The van der Waals surface area contributed by atoms with E-state index < -0.39 is 0 Å². The number of nitrogens with zero attached hydrogens (tertiary/aromatic N) is 3. The second-order valence-electron chi connectivity index (χ2n) is 3.81. The molecule has 3 N–H and O–H groups in total. The zero-order valence-corrected chi connectivity index (χ0v) is 10.1. The third kappa shape index (κ3) is 2.01. The largest absolute Gasteiger partial charge is 0.497 e. The molecule has 0 fully saturated rings. The van der Waals surface area contributed by atoms with Gasteiger partial charge in [0.15, 0.2) is 5.82 Å². The first kappa shape index (κ1) is 11.3. The van der Waals surface area contributed by atoms with Crippen LogP contribution in [0.4, 0.5) is 5.69 Å². The zero-order valence-electron chi connectivity index (χ0n) is 10.1. The zero-order chi connectivity index (χ0) is 13.2. The molecule has 3 aromatic rings. The van der Waals surface area contributed by atoms with Crippen molar-refractivity contribution in [1.29, 1.82) is 0 Å². The second kappa shape index (κ2) is 4.45. The lowest BCUT2D eigenvalue weighted by Gasteiger charge is -2.03. The highest BCUT2D eigenvalue weighted by Crippen LogP contribution is 2.29. The van der Waals surface area contributed by atoms with Crippen molar-refractivity contribution in [3.8, 4) is 28.9 Å². The van der Waals surface area contributed by atoms with Gasteiger partial charge in [-0.2, -0.15) is 4.98 Å². The Bertz CT molecular complexity index is 690. The van der Waals surface area contributed by atoms with E-state index in [9.17, 15) is 0 Å². The summed E-state index contributed by atoms with van der Waals surface area (Å²) in [5.41, 5.74) is 7.09. The summed E-state index contributed by atoms with van der Waals surface area (Å²) in [6.07, 6.45) is 3.31. The molecule has 3 rings (SSSR count). The van der Waals surface area contributed by atoms with Crippen LogP contribution < -0.4 is 10.5 Å². The van der Waals surface area contributed by atoms with Crippen LogP contribution in [0.3, 0.4) is 0 Å². The monoisotopic (exact) mass is 257 g/mol. The van der Waals surface area contributed by atoms with E-state index in [1.165, 1.54) is 0 Å². The molecule has 0 bridgehead atoms. The van der Waals surface area contributed by atoms with Crippen LogP contribution in [0, 0.1) is 0 Å². The molecular weight excluding hydrogens is 246 g/mol. The Balaban J connectivity index is 1.99. The topological polar surface area (TPSA) is 103 Å². The maximum atomic E-state index is 5.93. The van der Waals surface area contributed by atoms with Gasteiger partial charge in [0.1, 0.15) is 5.75 Å². The van der Waals surface area contributed by atoms with Crippen molar-refractivity contribution >= 4 is 5.69 Å². The summed E-state index contributed by atoms with van der Waals surface area (Å²) in [7, 11) is 1.58. The number of ether oxygens (including phenoxy) is 1. The van der Waals surface area contributed by atoms with E-state index in [-0.39, 0.29) is 0 Å². The number of rotatable bonds is 3. The molecule has 0 unspecified atom stereocenters. The summed E-state index contributed by atoms with van der Waals surface area (Å²) in [4.78, 5) is 11.2. The van der Waals surface area contributed by atoms with Gasteiger partial charge in [0.05, 0.1) is 12.7 Å². The van der Waals surface area contributed by atoms with E-state index in [0.29, 0.717) is 34.5 Å². The highest BCUT2D eigenvalue weighted by Gasteiger charge is 2.14. The van der Waals surface area contributed by atoms with Crippen LogP contribution in [-0.4, -0.2) is 27.2 Å².